The van der Waals surface area contributed by atoms with Crippen LogP contribution in [-0.4, -0.2) is 32.9 Å². The van der Waals surface area contributed by atoms with Crippen LogP contribution in [0.25, 0.3) is 0 Å². The van der Waals surface area contributed by atoms with Crippen molar-refractivity contribution in [1.82, 2.24) is 5.32 Å². The van der Waals surface area contributed by atoms with E-state index < -0.39 is 9.84 Å². The van der Waals surface area contributed by atoms with Gasteiger partial charge in [0.2, 0.25) is 0 Å². The highest BCUT2D eigenvalue weighted by Gasteiger charge is 2.08. The van der Waals surface area contributed by atoms with E-state index in [1.54, 1.807) is 42.1 Å². The lowest BCUT2D eigenvalue weighted by atomic mass is 10.1. The van der Waals surface area contributed by atoms with E-state index in [4.69, 9.17) is 5.26 Å². The molecule has 2 rings (SSSR count). The van der Waals surface area contributed by atoms with Crippen molar-refractivity contribution in [3.63, 3.8) is 0 Å². The number of hydrogen-bond donors (Lipinski definition) is 1. The summed E-state index contributed by atoms with van der Waals surface area (Å²) < 4.78 is 22.5. The molecule has 2 aromatic carbocycles. The number of nitriles is 1. The van der Waals surface area contributed by atoms with E-state index in [0.29, 0.717) is 23.2 Å². The lowest BCUT2D eigenvalue weighted by Gasteiger charge is -2.07. The zero-order valence-electron chi connectivity index (χ0n) is 14.4. The summed E-state index contributed by atoms with van der Waals surface area (Å²) in [4.78, 5) is 12.1. The molecular weight excluding hydrogens is 368 g/mol. The molecule has 0 aliphatic rings. The molecule has 26 heavy (non-hydrogen) atoms. The molecule has 0 saturated carbocycles. The number of carbonyl (C=O) groups is 1. The average Bonchev–Trinajstić information content (AvgIpc) is 2.61. The smallest absolute Gasteiger partial charge is 0.251 e. The topological polar surface area (TPSA) is 87.0 Å². The Kier molecular flexibility index (Phi) is 7.25. The summed E-state index contributed by atoms with van der Waals surface area (Å²) in [6.07, 6.45) is 1.18. The summed E-state index contributed by atoms with van der Waals surface area (Å²) in [6, 6.07) is 16.2. The summed E-state index contributed by atoms with van der Waals surface area (Å²) in [6.45, 7) is 0.517. The minimum Gasteiger partial charge on any atom is -0.351 e. The maximum atomic E-state index is 12.1. The van der Waals surface area contributed by atoms with Gasteiger partial charge in [-0.25, -0.2) is 8.42 Å². The second kappa shape index (κ2) is 9.41. The van der Waals surface area contributed by atoms with Crippen LogP contribution in [0.2, 0.25) is 0 Å². The molecule has 0 radical (unpaired) electrons. The van der Waals surface area contributed by atoms with E-state index in [0.717, 1.165) is 17.1 Å². The van der Waals surface area contributed by atoms with Crippen LogP contribution in [0.15, 0.2) is 48.5 Å². The van der Waals surface area contributed by atoms with E-state index in [9.17, 15) is 13.2 Å². The summed E-state index contributed by atoms with van der Waals surface area (Å²) in [5.41, 5.74) is 2.84. The molecule has 0 aliphatic heterocycles. The lowest BCUT2D eigenvalue weighted by molar-refractivity contribution is 0.0956. The van der Waals surface area contributed by atoms with Crippen LogP contribution in [0, 0.1) is 11.3 Å². The molecule has 0 unspecified atom stereocenters. The molecule has 7 heteroatoms. The number of rotatable bonds is 8. The van der Waals surface area contributed by atoms with Gasteiger partial charge in [0.25, 0.3) is 5.91 Å². The minimum atomic E-state index is -3.08. The normalized spacial score (nSPS) is 10.9. The van der Waals surface area contributed by atoms with Crippen LogP contribution < -0.4 is 5.32 Å². The fourth-order valence-corrected chi connectivity index (χ4v) is 3.99. The van der Waals surface area contributed by atoms with Crippen molar-refractivity contribution in [1.29, 1.82) is 5.26 Å². The summed E-state index contributed by atoms with van der Waals surface area (Å²) in [5, 5.41) is 11.9. The van der Waals surface area contributed by atoms with Gasteiger partial charge in [0, 0.05) is 29.9 Å². The third-order valence-corrected chi connectivity index (χ3v) is 5.44. The molecule has 0 bridgehead atoms. The number of hydrogen-bond acceptors (Lipinski definition) is 5. The number of benzene rings is 2. The van der Waals surface area contributed by atoms with Crippen molar-refractivity contribution in [3.8, 4) is 6.07 Å². The van der Waals surface area contributed by atoms with Gasteiger partial charge in [-0.05, 0) is 29.3 Å². The zero-order chi connectivity index (χ0) is 19.0. The van der Waals surface area contributed by atoms with Crippen molar-refractivity contribution in [2.24, 2.45) is 0 Å². The summed E-state index contributed by atoms with van der Waals surface area (Å²) in [5.74, 6) is 1.24. The van der Waals surface area contributed by atoms with Crippen molar-refractivity contribution in [2.75, 3.05) is 18.6 Å². The van der Waals surface area contributed by atoms with Crippen molar-refractivity contribution in [3.05, 3.63) is 70.8 Å². The molecule has 136 valence electrons. The molecule has 1 amide bonds. The van der Waals surface area contributed by atoms with Gasteiger partial charge >= 0.3 is 0 Å². The Morgan fingerprint density at radius 1 is 1.15 bits per heavy atom. The zero-order valence-corrected chi connectivity index (χ0v) is 16.1. The predicted octanol–water partition coefficient (Wildman–Crippen LogP) is 2.77. The van der Waals surface area contributed by atoms with Crippen LogP contribution in [0.1, 0.15) is 27.0 Å². The second-order valence-electron chi connectivity index (χ2n) is 5.84. The fourth-order valence-electron chi connectivity index (χ4n) is 2.33. The first-order chi connectivity index (χ1) is 12.4. The van der Waals surface area contributed by atoms with Gasteiger partial charge in [-0.15, -0.1) is 0 Å². The highest BCUT2D eigenvalue weighted by atomic mass is 32.2. The van der Waals surface area contributed by atoms with Gasteiger partial charge in [-0.1, -0.05) is 30.3 Å². The monoisotopic (exact) mass is 388 g/mol. The second-order valence-corrected chi connectivity index (χ2v) is 9.09. The highest BCUT2D eigenvalue weighted by molar-refractivity contribution is 7.98. The lowest BCUT2D eigenvalue weighted by Crippen LogP contribution is -2.25. The highest BCUT2D eigenvalue weighted by Crippen LogP contribution is 2.15. The summed E-state index contributed by atoms with van der Waals surface area (Å²) in [7, 11) is -3.08. The number of amides is 1. The molecule has 0 aliphatic carbocycles. The summed E-state index contributed by atoms with van der Waals surface area (Å²) >= 11 is 1.65. The Labute approximate surface area is 158 Å². The first-order valence-electron chi connectivity index (χ1n) is 7.99. The van der Waals surface area contributed by atoms with Gasteiger partial charge < -0.3 is 5.32 Å². The maximum absolute atomic E-state index is 12.1. The third-order valence-electron chi connectivity index (χ3n) is 3.57. The largest absolute Gasteiger partial charge is 0.351 e. The van der Waals surface area contributed by atoms with E-state index in [-0.39, 0.29) is 11.7 Å². The van der Waals surface area contributed by atoms with Crippen LogP contribution >= 0.6 is 11.8 Å². The van der Waals surface area contributed by atoms with Crippen LogP contribution in [0.4, 0.5) is 0 Å². The molecule has 0 heterocycles. The molecule has 0 spiro atoms. The molecule has 2 aromatic rings. The van der Waals surface area contributed by atoms with Gasteiger partial charge in [0.15, 0.2) is 9.84 Å². The Hall–Kier alpha value is -2.30. The molecule has 0 aromatic heterocycles. The number of nitrogens with zero attached hydrogens (tertiary/aromatic N) is 1. The molecule has 1 N–H and O–H groups in total. The SMILES string of the molecule is CS(=O)(=O)Cc1ccc(C(=O)NCCSCc2ccccc2C#N)cc1. The van der Waals surface area contributed by atoms with Gasteiger partial charge in [0.1, 0.15) is 0 Å². The van der Waals surface area contributed by atoms with E-state index in [1.807, 2.05) is 18.2 Å². The van der Waals surface area contributed by atoms with E-state index >= 15 is 0 Å². The van der Waals surface area contributed by atoms with E-state index in [1.165, 1.54) is 6.26 Å². The van der Waals surface area contributed by atoms with Crippen molar-refractivity contribution >= 4 is 27.5 Å². The number of sulfone groups is 1. The van der Waals surface area contributed by atoms with Crippen molar-refractivity contribution in [2.45, 2.75) is 11.5 Å². The molecular formula is C19H20N2O3S2. The minimum absolute atomic E-state index is 0.0320. The number of nitrogens with one attached hydrogen (secondary N) is 1. The maximum Gasteiger partial charge on any atom is 0.251 e. The molecule has 5 nitrogen and oxygen atoms in total. The molecule has 0 saturated heterocycles. The third kappa shape index (κ3) is 6.54. The van der Waals surface area contributed by atoms with E-state index in [2.05, 4.69) is 11.4 Å². The Morgan fingerprint density at radius 3 is 2.50 bits per heavy atom. The fraction of sp³-hybridized carbons (Fsp3) is 0.263. The van der Waals surface area contributed by atoms with Crippen molar-refractivity contribution < 1.29 is 13.2 Å². The van der Waals surface area contributed by atoms with Crippen LogP contribution in [0.5, 0.6) is 0 Å². The number of carbonyl (C=O) groups excluding carboxylic acids is 1. The molecule has 0 atom stereocenters. The Balaban J connectivity index is 1.76. The Bertz CT molecular complexity index is 901. The number of thioether (sulfide) groups is 1. The van der Waals surface area contributed by atoms with Crippen LogP contribution in [-0.2, 0) is 21.3 Å². The first-order valence-corrected chi connectivity index (χ1v) is 11.2. The molecule has 0 fully saturated rings. The Morgan fingerprint density at radius 2 is 1.85 bits per heavy atom. The van der Waals surface area contributed by atoms with Gasteiger partial charge in [0.05, 0.1) is 17.4 Å². The predicted molar refractivity (Wildman–Crippen MR) is 105 cm³/mol. The first kappa shape index (κ1) is 20.0. The standard InChI is InChI=1S/C19H20N2O3S2/c1-26(23,24)14-15-6-8-16(9-7-15)19(22)21-10-11-25-13-18-5-3-2-4-17(18)12-20/h2-9H,10-11,13-14H2,1H3,(H,21,22). The van der Waals surface area contributed by atoms with Gasteiger partial charge in [-0.3, -0.25) is 4.79 Å². The van der Waals surface area contributed by atoms with Crippen LogP contribution in [0.3, 0.4) is 0 Å². The average molecular weight is 389 g/mol. The van der Waals surface area contributed by atoms with Gasteiger partial charge in [-0.2, -0.15) is 17.0 Å². The quantitative estimate of drug-likeness (QED) is 0.703.